The Balaban J connectivity index is 1.51. The molecule has 0 radical (unpaired) electrons. The lowest BCUT2D eigenvalue weighted by atomic mass is 9.79. The zero-order valence-electron chi connectivity index (χ0n) is 16.2. The van der Waals surface area contributed by atoms with Gasteiger partial charge in [-0.05, 0) is 18.4 Å². The van der Waals surface area contributed by atoms with Crippen LogP contribution in [0.15, 0.2) is 60.7 Å². The number of rotatable bonds is 7. The van der Waals surface area contributed by atoms with Crippen molar-refractivity contribution in [2.24, 2.45) is 11.8 Å². The van der Waals surface area contributed by atoms with Gasteiger partial charge >= 0.3 is 17.9 Å². The first-order valence-electron chi connectivity index (χ1n) is 9.89. The minimum Gasteiger partial charge on any atom is -0.481 e. The molecule has 2 heterocycles. The highest BCUT2D eigenvalue weighted by molar-refractivity contribution is 5.86. The number of carbonyl (C=O) groups is 3. The van der Waals surface area contributed by atoms with Crippen molar-refractivity contribution in [3.05, 3.63) is 71.8 Å². The van der Waals surface area contributed by atoms with Gasteiger partial charge in [-0.1, -0.05) is 60.7 Å². The summed E-state index contributed by atoms with van der Waals surface area (Å²) in [4.78, 5) is 37.4. The van der Waals surface area contributed by atoms with Gasteiger partial charge in [-0.2, -0.15) is 0 Å². The van der Waals surface area contributed by atoms with Crippen molar-refractivity contribution in [1.29, 1.82) is 0 Å². The quantitative estimate of drug-likeness (QED) is 0.701. The molecule has 0 unspecified atom stereocenters. The SMILES string of the molecule is O=C(O)[C@@H]1[C@H](C(=O)O[C@@H](C(=O)OCc2ccccc2)c2ccccc2)[C@H]2CC[C@@H]1O2. The molecular weight excluding hydrogens is 388 g/mol. The average Bonchev–Trinajstić information content (AvgIpc) is 3.39. The van der Waals surface area contributed by atoms with Gasteiger partial charge in [-0.25, -0.2) is 4.79 Å². The number of carbonyl (C=O) groups excluding carboxylic acids is 2. The number of carboxylic acid groups (broad SMARTS) is 1. The molecule has 0 amide bonds. The molecule has 4 rings (SSSR count). The van der Waals surface area contributed by atoms with Crippen LogP contribution in [0.25, 0.3) is 0 Å². The molecule has 0 saturated carbocycles. The van der Waals surface area contributed by atoms with Crippen LogP contribution in [-0.4, -0.2) is 35.2 Å². The van der Waals surface area contributed by atoms with Gasteiger partial charge < -0.3 is 19.3 Å². The van der Waals surface area contributed by atoms with E-state index in [0.717, 1.165) is 5.56 Å². The summed E-state index contributed by atoms with van der Waals surface area (Å²) >= 11 is 0. The molecule has 7 heteroatoms. The highest BCUT2D eigenvalue weighted by Gasteiger charge is 2.56. The summed E-state index contributed by atoms with van der Waals surface area (Å²) in [5, 5.41) is 9.55. The lowest BCUT2D eigenvalue weighted by Gasteiger charge is -2.25. The third-order valence-electron chi connectivity index (χ3n) is 5.60. The zero-order valence-corrected chi connectivity index (χ0v) is 16.2. The van der Waals surface area contributed by atoms with Crippen LogP contribution in [0.1, 0.15) is 30.1 Å². The van der Waals surface area contributed by atoms with Crippen molar-refractivity contribution in [2.45, 2.75) is 37.8 Å². The Kier molecular flexibility index (Phi) is 5.81. The molecule has 2 aliphatic rings. The molecule has 5 atom stereocenters. The number of esters is 2. The fraction of sp³-hybridized carbons (Fsp3) is 0.348. The van der Waals surface area contributed by atoms with Crippen molar-refractivity contribution >= 4 is 17.9 Å². The van der Waals surface area contributed by atoms with Crippen LogP contribution in [0.3, 0.4) is 0 Å². The second-order valence-corrected chi connectivity index (χ2v) is 7.50. The molecule has 0 spiro atoms. The standard InChI is InChI=1S/C23H22O7/c24-21(25)18-16-11-12-17(29-16)19(18)22(26)30-20(15-9-5-2-6-10-15)23(27)28-13-14-7-3-1-4-8-14/h1-10,16-20H,11-13H2,(H,24,25)/t16-,17+,18-,19+,20+/m0/s1. The Hall–Kier alpha value is -3.19. The molecule has 156 valence electrons. The van der Waals surface area contributed by atoms with Crippen LogP contribution >= 0.6 is 0 Å². The highest BCUT2D eigenvalue weighted by atomic mass is 16.6. The normalized spacial score (nSPS) is 25.5. The molecule has 2 aliphatic heterocycles. The number of aliphatic carboxylic acids is 1. The van der Waals surface area contributed by atoms with Crippen LogP contribution in [0, 0.1) is 11.8 Å². The van der Waals surface area contributed by atoms with Crippen LogP contribution in [0.2, 0.25) is 0 Å². The molecule has 2 aromatic carbocycles. The molecule has 2 bridgehead atoms. The van der Waals surface area contributed by atoms with Crippen molar-refractivity contribution in [3.8, 4) is 0 Å². The maximum Gasteiger partial charge on any atom is 0.352 e. The Morgan fingerprint density at radius 1 is 0.933 bits per heavy atom. The lowest BCUT2D eigenvalue weighted by Crippen LogP contribution is -2.40. The molecule has 30 heavy (non-hydrogen) atoms. The van der Waals surface area contributed by atoms with Crippen LogP contribution in [0.4, 0.5) is 0 Å². The Labute approximate surface area is 173 Å². The molecule has 0 aromatic heterocycles. The van der Waals surface area contributed by atoms with Crippen molar-refractivity contribution in [2.75, 3.05) is 0 Å². The first-order valence-corrected chi connectivity index (χ1v) is 9.89. The molecule has 7 nitrogen and oxygen atoms in total. The van der Waals surface area contributed by atoms with Crippen LogP contribution in [-0.2, 0) is 35.2 Å². The smallest absolute Gasteiger partial charge is 0.352 e. The number of benzene rings is 2. The van der Waals surface area contributed by atoms with Gasteiger partial charge in [-0.3, -0.25) is 9.59 Å². The predicted octanol–water partition coefficient (Wildman–Crippen LogP) is 2.89. The second kappa shape index (κ2) is 8.67. The van der Waals surface area contributed by atoms with Gasteiger partial charge in [0.25, 0.3) is 0 Å². The zero-order chi connectivity index (χ0) is 21.1. The van der Waals surface area contributed by atoms with E-state index in [0.29, 0.717) is 18.4 Å². The van der Waals surface area contributed by atoms with Crippen molar-refractivity contribution in [3.63, 3.8) is 0 Å². The van der Waals surface area contributed by atoms with E-state index < -0.39 is 48.1 Å². The number of hydrogen-bond acceptors (Lipinski definition) is 6. The summed E-state index contributed by atoms with van der Waals surface area (Å²) in [5.74, 6) is -4.45. The number of ether oxygens (including phenoxy) is 3. The number of fused-ring (bicyclic) bond motifs is 2. The first kappa shape index (κ1) is 20.1. The minimum atomic E-state index is -1.28. The summed E-state index contributed by atoms with van der Waals surface area (Å²) in [5.41, 5.74) is 1.26. The Morgan fingerprint density at radius 3 is 2.17 bits per heavy atom. The summed E-state index contributed by atoms with van der Waals surface area (Å²) < 4.78 is 16.6. The fourth-order valence-electron chi connectivity index (χ4n) is 4.17. The maximum absolute atomic E-state index is 12.9. The predicted molar refractivity (Wildman–Crippen MR) is 104 cm³/mol. The molecule has 2 saturated heterocycles. The summed E-state index contributed by atoms with van der Waals surface area (Å²) in [7, 11) is 0. The third kappa shape index (κ3) is 4.07. The van der Waals surface area contributed by atoms with Gasteiger partial charge in [-0.15, -0.1) is 0 Å². The van der Waals surface area contributed by atoms with E-state index in [2.05, 4.69) is 0 Å². The Bertz CT molecular complexity index is 912. The van der Waals surface area contributed by atoms with Gasteiger partial charge in [0.1, 0.15) is 6.61 Å². The maximum atomic E-state index is 12.9. The van der Waals surface area contributed by atoms with Crippen molar-refractivity contribution < 1.29 is 33.7 Å². The van der Waals surface area contributed by atoms with E-state index >= 15 is 0 Å². The van der Waals surface area contributed by atoms with E-state index in [1.54, 1.807) is 30.3 Å². The highest BCUT2D eigenvalue weighted by Crippen LogP contribution is 2.44. The summed E-state index contributed by atoms with van der Waals surface area (Å²) in [6.07, 6.45) is -1.07. The van der Waals surface area contributed by atoms with Gasteiger partial charge in [0.2, 0.25) is 6.10 Å². The largest absolute Gasteiger partial charge is 0.481 e. The Morgan fingerprint density at radius 2 is 1.53 bits per heavy atom. The van der Waals surface area contributed by atoms with E-state index in [4.69, 9.17) is 14.2 Å². The van der Waals surface area contributed by atoms with Crippen LogP contribution in [0.5, 0.6) is 0 Å². The van der Waals surface area contributed by atoms with Gasteiger partial charge in [0.15, 0.2) is 0 Å². The number of carboxylic acids is 1. The van der Waals surface area contributed by atoms with Crippen molar-refractivity contribution in [1.82, 2.24) is 0 Å². The summed E-state index contributed by atoms with van der Waals surface area (Å²) in [6, 6.07) is 17.7. The molecular formula is C23H22O7. The minimum absolute atomic E-state index is 0.0372. The van der Waals surface area contributed by atoms with E-state index in [9.17, 15) is 19.5 Å². The fourth-order valence-corrected chi connectivity index (χ4v) is 4.17. The van der Waals surface area contributed by atoms with E-state index in [1.165, 1.54) is 0 Å². The molecule has 2 aromatic rings. The topological polar surface area (TPSA) is 99.1 Å². The van der Waals surface area contributed by atoms with E-state index in [1.807, 2.05) is 30.3 Å². The molecule has 1 N–H and O–H groups in total. The van der Waals surface area contributed by atoms with Gasteiger partial charge in [0.05, 0.1) is 24.0 Å². The summed E-state index contributed by atoms with van der Waals surface area (Å²) in [6.45, 7) is 0.0372. The van der Waals surface area contributed by atoms with Crippen LogP contribution < -0.4 is 0 Å². The second-order valence-electron chi connectivity index (χ2n) is 7.50. The first-order chi connectivity index (χ1) is 14.5. The monoisotopic (exact) mass is 410 g/mol. The lowest BCUT2D eigenvalue weighted by molar-refractivity contribution is -0.175. The average molecular weight is 410 g/mol. The number of hydrogen-bond donors (Lipinski definition) is 1. The van der Waals surface area contributed by atoms with E-state index in [-0.39, 0.29) is 6.61 Å². The molecule has 2 fully saturated rings. The third-order valence-corrected chi connectivity index (χ3v) is 5.60. The molecule has 0 aliphatic carbocycles. The van der Waals surface area contributed by atoms with Gasteiger partial charge in [0, 0.05) is 5.56 Å².